The molecule has 0 aromatic rings. The second kappa shape index (κ2) is 10.6. The molecule has 0 bridgehead atoms. The van der Waals surface area contributed by atoms with Crippen molar-refractivity contribution in [3.8, 4) is 0 Å². The van der Waals surface area contributed by atoms with Crippen LogP contribution in [-0.4, -0.2) is 89.8 Å². The van der Waals surface area contributed by atoms with Crippen molar-refractivity contribution in [2.45, 2.75) is 26.7 Å². The molecule has 0 aromatic carbocycles. The maximum atomic E-state index is 5.45. The molecule has 0 saturated carbocycles. The number of hydrogen-bond acceptors (Lipinski definition) is 2. The molecule has 0 aliphatic carbocycles. The summed E-state index contributed by atoms with van der Waals surface area (Å²) >= 11 is 0. The summed E-state index contributed by atoms with van der Waals surface area (Å²) in [5.74, 6) is 0. The predicted molar refractivity (Wildman–Crippen MR) is 85.9 cm³/mol. The Morgan fingerprint density at radius 1 is 0.600 bits per heavy atom. The number of rotatable bonds is 13. The van der Waals surface area contributed by atoms with Gasteiger partial charge in [0.05, 0.1) is 54.5 Å². The van der Waals surface area contributed by atoms with E-state index in [1.165, 1.54) is 25.9 Å². The Labute approximate surface area is 126 Å². The maximum Gasteiger partial charge on any atom is 0.102 e. The minimum absolute atomic E-state index is 0.825. The van der Waals surface area contributed by atoms with Crippen LogP contribution in [-0.2, 0) is 9.47 Å². The Balaban J connectivity index is 3.71. The van der Waals surface area contributed by atoms with E-state index in [4.69, 9.17) is 9.47 Å². The molecule has 20 heavy (non-hydrogen) atoms. The standard InChI is InChI=1S/C16H38N2O2/c1-7-19-15-13-17(3,4)11-9-10-12-18(5,6)14-16-20-8-2/h7-16H2,1-6H3/q+2. The zero-order valence-corrected chi connectivity index (χ0v) is 14.8. The van der Waals surface area contributed by atoms with E-state index in [-0.39, 0.29) is 0 Å². The average molecular weight is 290 g/mol. The van der Waals surface area contributed by atoms with E-state index in [9.17, 15) is 0 Å². The monoisotopic (exact) mass is 290 g/mol. The predicted octanol–water partition coefficient (Wildman–Crippen LogP) is 1.99. The SMILES string of the molecule is CCOCC[N+](C)(C)CCCC[N+](C)(C)CCOCC. The fourth-order valence-electron chi connectivity index (χ4n) is 2.22. The first-order valence-electron chi connectivity index (χ1n) is 8.12. The van der Waals surface area contributed by atoms with Crippen LogP contribution in [0.2, 0.25) is 0 Å². The van der Waals surface area contributed by atoms with Crippen molar-refractivity contribution in [2.75, 3.05) is 80.8 Å². The summed E-state index contributed by atoms with van der Waals surface area (Å²) in [6.07, 6.45) is 2.57. The molecule has 0 rings (SSSR count). The number of hydrogen-bond donors (Lipinski definition) is 0. The van der Waals surface area contributed by atoms with Crippen molar-refractivity contribution in [3.05, 3.63) is 0 Å². The van der Waals surface area contributed by atoms with Gasteiger partial charge in [-0.1, -0.05) is 0 Å². The van der Waals surface area contributed by atoms with Gasteiger partial charge in [0.25, 0.3) is 0 Å². The van der Waals surface area contributed by atoms with Gasteiger partial charge in [0.15, 0.2) is 0 Å². The summed E-state index contributed by atoms with van der Waals surface area (Å²) in [6.45, 7) is 12.2. The lowest BCUT2D eigenvalue weighted by Gasteiger charge is -2.32. The highest BCUT2D eigenvalue weighted by Gasteiger charge is 2.17. The summed E-state index contributed by atoms with van der Waals surface area (Å²) in [5, 5.41) is 0. The van der Waals surface area contributed by atoms with Gasteiger partial charge >= 0.3 is 0 Å². The van der Waals surface area contributed by atoms with E-state index in [0.717, 1.165) is 48.5 Å². The lowest BCUT2D eigenvalue weighted by Crippen LogP contribution is -2.45. The fraction of sp³-hybridized carbons (Fsp3) is 1.00. The Morgan fingerprint density at radius 3 is 1.25 bits per heavy atom. The maximum absolute atomic E-state index is 5.45. The van der Waals surface area contributed by atoms with Gasteiger partial charge in [-0.25, -0.2) is 0 Å². The third kappa shape index (κ3) is 11.6. The van der Waals surface area contributed by atoms with Gasteiger partial charge < -0.3 is 18.4 Å². The molecule has 0 fully saturated rings. The van der Waals surface area contributed by atoms with E-state index in [1.807, 2.05) is 0 Å². The van der Waals surface area contributed by atoms with Gasteiger partial charge in [-0.3, -0.25) is 0 Å². The lowest BCUT2D eigenvalue weighted by atomic mass is 10.2. The summed E-state index contributed by atoms with van der Waals surface area (Å²) in [6, 6.07) is 0. The molecular formula is C16H38N2O2+2. The van der Waals surface area contributed by atoms with Crippen LogP contribution in [0.1, 0.15) is 26.7 Å². The second-order valence-electron chi connectivity index (χ2n) is 6.87. The van der Waals surface area contributed by atoms with Crippen molar-refractivity contribution < 1.29 is 18.4 Å². The topological polar surface area (TPSA) is 18.5 Å². The smallest absolute Gasteiger partial charge is 0.102 e. The van der Waals surface area contributed by atoms with Crippen molar-refractivity contribution in [3.63, 3.8) is 0 Å². The summed E-state index contributed by atoms with van der Waals surface area (Å²) < 4.78 is 13.0. The first kappa shape index (κ1) is 19.8. The molecule has 0 radical (unpaired) electrons. The minimum atomic E-state index is 0.825. The van der Waals surface area contributed by atoms with Crippen molar-refractivity contribution >= 4 is 0 Å². The van der Waals surface area contributed by atoms with E-state index >= 15 is 0 Å². The number of unbranched alkanes of at least 4 members (excludes halogenated alkanes) is 1. The number of likely N-dealkylation sites (N-methyl/N-ethyl adjacent to an activating group) is 2. The lowest BCUT2D eigenvalue weighted by molar-refractivity contribution is -0.897. The molecule has 0 aliphatic heterocycles. The largest absolute Gasteiger partial charge is 0.376 e. The van der Waals surface area contributed by atoms with E-state index < -0.39 is 0 Å². The molecule has 0 N–H and O–H groups in total. The molecule has 0 aromatic heterocycles. The van der Waals surface area contributed by atoms with Crippen LogP contribution in [0.3, 0.4) is 0 Å². The van der Waals surface area contributed by atoms with Crippen LogP contribution >= 0.6 is 0 Å². The van der Waals surface area contributed by atoms with Crippen LogP contribution in [0.15, 0.2) is 0 Å². The number of ether oxygens (including phenoxy) is 2. The van der Waals surface area contributed by atoms with Crippen LogP contribution in [0.25, 0.3) is 0 Å². The normalized spacial score (nSPS) is 12.9. The third-order valence-corrected chi connectivity index (χ3v) is 3.87. The molecule has 0 saturated heterocycles. The van der Waals surface area contributed by atoms with Crippen LogP contribution < -0.4 is 0 Å². The Kier molecular flexibility index (Phi) is 10.5. The Morgan fingerprint density at radius 2 is 0.950 bits per heavy atom. The molecule has 0 heterocycles. The number of nitrogens with zero attached hydrogens (tertiary/aromatic N) is 2. The highest BCUT2D eigenvalue weighted by molar-refractivity contribution is 4.42. The van der Waals surface area contributed by atoms with Crippen LogP contribution in [0.4, 0.5) is 0 Å². The zero-order valence-electron chi connectivity index (χ0n) is 14.8. The van der Waals surface area contributed by atoms with Crippen molar-refractivity contribution in [1.29, 1.82) is 0 Å². The molecule has 0 amide bonds. The minimum Gasteiger partial charge on any atom is -0.376 e. The highest BCUT2D eigenvalue weighted by atomic mass is 16.5. The van der Waals surface area contributed by atoms with Crippen LogP contribution in [0, 0.1) is 0 Å². The molecule has 4 nitrogen and oxygen atoms in total. The Bertz CT molecular complexity index is 207. The molecule has 4 heteroatoms. The first-order valence-corrected chi connectivity index (χ1v) is 8.12. The quantitative estimate of drug-likeness (QED) is 0.381. The van der Waals surface area contributed by atoms with Gasteiger partial charge in [0, 0.05) is 26.1 Å². The zero-order chi connectivity index (χ0) is 15.5. The molecule has 0 spiro atoms. The number of quaternary nitrogens is 2. The summed E-state index contributed by atoms with van der Waals surface area (Å²) in [5.41, 5.74) is 0. The highest BCUT2D eigenvalue weighted by Crippen LogP contribution is 2.06. The third-order valence-electron chi connectivity index (χ3n) is 3.87. The fourth-order valence-corrected chi connectivity index (χ4v) is 2.22. The second-order valence-corrected chi connectivity index (χ2v) is 6.87. The Hall–Kier alpha value is -0.160. The molecule has 122 valence electrons. The van der Waals surface area contributed by atoms with Gasteiger partial charge in [-0.2, -0.15) is 0 Å². The van der Waals surface area contributed by atoms with Gasteiger partial charge in [0.2, 0.25) is 0 Å². The van der Waals surface area contributed by atoms with Crippen LogP contribution in [0.5, 0.6) is 0 Å². The van der Waals surface area contributed by atoms with Gasteiger partial charge in [-0.05, 0) is 13.8 Å². The molecule has 0 atom stereocenters. The molecule has 0 aliphatic rings. The van der Waals surface area contributed by atoms with E-state index in [0.29, 0.717) is 0 Å². The van der Waals surface area contributed by atoms with E-state index in [1.54, 1.807) is 0 Å². The average Bonchev–Trinajstić information content (AvgIpc) is 2.35. The van der Waals surface area contributed by atoms with E-state index in [2.05, 4.69) is 42.0 Å². The molecule has 0 unspecified atom stereocenters. The molecular weight excluding hydrogens is 252 g/mol. The van der Waals surface area contributed by atoms with Gasteiger partial charge in [0.1, 0.15) is 13.1 Å². The van der Waals surface area contributed by atoms with Crippen molar-refractivity contribution in [2.24, 2.45) is 0 Å². The first-order chi connectivity index (χ1) is 9.33. The summed E-state index contributed by atoms with van der Waals surface area (Å²) in [4.78, 5) is 0. The van der Waals surface area contributed by atoms with Crippen molar-refractivity contribution in [1.82, 2.24) is 0 Å². The van der Waals surface area contributed by atoms with Gasteiger partial charge in [-0.15, -0.1) is 0 Å². The summed E-state index contributed by atoms with van der Waals surface area (Å²) in [7, 11) is 9.20.